The molecule has 1 saturated heterocycles. The van der Waals surface area contributed by atoms with E-state index >= 15 is 0 Å². The SMILES string of the molecule is C=Cc1cccc(-c2nc3ccc(C(=O)N(CCC(C)C)CCC(C)C)cc3n2CCCN2CCCCC2)c1. The number of aryl methyl sites for hydroxylation is 1. The smallest absolute Gasteiger partial charge is 0.253 e. The number of hydrogen-bond donors (Lipinski definition) is 0. The van der Waals surface area contributed by atoms with E-state index in [4.69, 9.17) is 4.98 Å². The molecule has 3 aromatic rings. The Bertz CT molecular complexity index is 1220. The first-order chi connectivity index (χ1) is 18.9. The highest BCUT2D eigenvalue weighted by atomic mass is 16.2. The van der Waals surface area contributed by atoms with E-state index in [-0.39, 0.29) is 5.91 Å². The molecule has 0 atom stereocenters. The van der Waals surface area contributed by atoms with Crippen LogP contribution in [0, 0.1) is 11.8 Å². The van der Waals surface area contributed by atoms with Gasteiger partial charge in [0.25, 0.3) is 5.91 Å². The first-order valence-electron chi connectivity index (χ1n) is 15.1. The molecule has 0 radical (unpaired) electrons. The maximum absolute atomic E-state index is 13.8. The number of piperidine rings is 1. The number of fused-ring (bicyclic) bond motifs is 1. The van der Waals surface area contributed by atoms with Crippen molar-refractivity contribution >= 4 is 23.0 Å². The Morgan fingerprint density at radius 2 is 1.69 bits per heavy atom. The molecule has 0 bridgehead atoms. The highest BCUT2D eigenvalue weighted by Crippen LogP contribution is 2.28. The van der Waals surface area contributed by atoms with Crippen LogP contribution in [-0.4, -0.2) is 58.0 Å². The lowest BCUT2D eigenvalue weighted by atomic mass is 10.1. The number of imidazole rings is 1. The van der Waals surface area contributed by atoms with E-state index in [0.717, 1.165) is 79.0 Å². The van der Waals surface area contributed by atoms with E-state index in [0.29, 0.717) is 11.8 Å². The maximum atomic E-state index is 13.8. The third kappa shape index (κ3) is 7.82. The predicted molar refractivity (Wildman–Crippen MR) is 165 cm³/mol. The minimum absolute atomic E-state index is 0.134. The van der Waals surface area contributed by atoms with Crippen LogP contribution in [0.4, 0.5) is 0 Å². The van der Waals surface area contributed by atoms with E-state index in [1.54, 1.807) is 0 Å². The Labute approximate surface area is 235 Å². The Morgan fingerprint density at radius 1 is 0.974 bits per heavy atom. The van der Waals surface area contributed by atoms with Crippen LogP contribution in [-0.2, 0) is 6.54 Å². The number of nitrogens with zero attached hydrogens (tertiary/aromatic N) is 4. The average molecular weight is 529 g/mol. The standard InChI is InChI=1S/C34H48N4O/c1-6-28-12-10-13-29(24-28)33-35-31-15-14-30(34(39)37(22-16-26(2)3)23-17-27(4)5)25-32(31)38(33)21-11-20-36-18-8-7-9-19-36/h6,10,12-15,24-27H,1,7-9,11,16-23H2,2-5H3. The van der Waals surface area contributed by atoms with E-state index in [1.807, 2.05) is 18.2 Å². The monoisotopic (exact) mass is 528 g/mol. The highest BCUT2D eigenvalue weighted by Gasteiger charge is 2.20. The third-order valence-electron chi connectivity index (χ3n) is 7.92. The molecule has 1 aliphatic rings. The number of aromatic nitrogens is 2. The minimum Gasteiger partial charge on any atom is -0.339 e. The van der Waals surface area contributed by atoms with Crippen molar-refractivity contribution in [3.63, 3.8) is 0 Å². The minimum atomic E-state index is 0.134. The molecule has 2 aromatic carbocycles. The van der Waals surface area contributed by atoms with Crippen LogP contribution < -0.4 is 0 Å². The Hall–Kier alpha value is -2.92. The van der Waals surface area contributed by atoms with Gasteiger partial charge in [-0.25, -0.2) is 4.98 Å². The van der Waals surface area contributed by atoms with Gasteiger partial charge in [0.15, 0.2) is 0 Å². The second kappa shape index (κ2) is 13.9. The van der Waals surface area contributed by atoms with Crippen molar-refractivity contribution in [1.29, 1.82) is 0 Å². The summed E-state index contributed by atoms with van der Waals surface area (Å²) in [6.45, 7) is 18.9. The third-order valence-corrected chi connectivity index (χ3v) is 7.92. The Balaban J connectivity index is 1.66. The largest absolute Gasteiger partial charge is 0.339 e. The average Bonchev–Trinajstić information content (AvgIpc) is 3.31. The van der Waals surface area contributed by atoms with Crippen molar-refractivity contribution in [3.05, 3.63) is 60.2 Å². The highest BCUT2D eigenvalue weighted by molar-refractivity contribution is 5.98. The van der Waals surface area contributed by atoms with Gasteiger partial charge in [0.05, 0.1) is 11.0 Å². The van der Waals surface area contributed by atoms with Gasteiger partial charge in [-0.05, 0) is 93.4 Å². The van der Waals surface area contributed by atoms with Gasteiger partial charge in [-0.2, -0.15) is 0 Å². The molecule has 39 heavy (non-hydrogen) atoms. The molecule has 5 nitrogen and oxygen atoms in total. The zero-order chi connectivity index (χ0) is 27.8. The fourth-order valence-electron chi connectivity index (χ4n) is 5.47. The Morgan fingerprint density at radius 3 is 2.36 bits per heavy atom. The van der Waals surface area contributed by atoms with Crippen molar-refractivity contribution in [1.82, 2.24) is 19.4 Å². The van der Waals surface area contributed by atoms with Crippen LogP contribution >= 0.6 is 0 Å². The van der Waals surface area contributed by atoms with Crippen LogP contribution in [0.5, 0.6) is 0 Å². The first kappa shape index (κ1) is 29.1. The predicted octanol–water partition coefficient (Wildman–Crippen LogP) is 7.76. The molecule has 0 unspecified atom stereocenters. The van der Waals surface area contributed by atoms with Gasteiger partial charge in [-0.15, -0.1) is 0 Å². The number of hydrogen-bond acceptors (Lipinski definition) is 3. The number of carbonyl (C=O) groups excluding carboxylic acids is 1. The zero-order valence-corrected chi connectivity index (χ0v) is 24.7. The fraction of sp³-hybridized carbons (Fsp3) is 0.529. The zero-order valence-electron chi connectivity index (χ0n) is 24.7. The van der Waals surface area contributed by atoms with Gasteiger partial charge >= 0.3 is 0 Å². The number of likely N-dealkylation sites (tertiary alicyclic amines) is 1. The van der Waals surface area contributed by atoms with E-state index in [1.165, 1.54) is 32.4 Å². The van der Waals surface area contributed by atoms with Crippen molar-refractivity contribution in [2.24, 2.45) is 11.8 Å². The number of carbonyl (C=O) groups is 1. The summed E-state index contributed by atoms with van der Waals surface area (Å²) in [5, 5.41) is 0. The quantitative estimate of drug-likeness (QED) is 0.228. The number of rotatable bonds is 13. The molecule has 210 valence electrons. The topological polar surface area (TPSA) is 41.4 Å². The van der Waals surface area contributed by atoms with Gasteiger partial charge in [-0.3, -0.25) is 4.79 Å². The summed E-state index contributed by atoms with van der Waals surface area (Å²) in [4.78, 5) is 23.5. The lowest BCUT2D eigenvalue weighted by Gasteiger charge is -2.26. The summed E-state index contributed by atoms with van der Waals surface area (Å²) in [5.41, 5.74) is 4.93. The molecule has 2 heterocycles. The normalized spacial score (nSPS) is 14.4. The Kier molecular flexibility index (Phi) is 10.4. The molecule has 5 heteroatoms. The molecule has 0 aliphatic carbocycles. The summed E-state index contributed by atoms with van der Waals surface area (Å²) in [5.74, 6) is 2.23. The molecule has 0 N–H and O–H groups in total. The summed E-state index contributed by atoms with van der Waals surface area (Å²) in [7, 11) is 0. The molecular weight excluding hydrogens is 480 g/mol. The molecule has 1 aromatic heterocycles. The first-order valence-corrected chi connectivity index (χ1v) is 15.1. The van der Waals surface area contributed by atoms with Crippen molar-refractivity contribution in [2.75, 3.05) is 32.7 Å². The summed E-state index contributed by atoms with van der Waals surface area (Å²) < 4.78 is 2.34. The van der Waals surface area contributed by atoms with E-state index in [2.05, 4.69) is 79.0 Å². The van der Waals surface area contributed by atoms with E-state index < -0.39 is 0 Å². The van der Waals surface area contributed by atoms with Gasteiger partial charge < -0.3 is 14.4 Å². The molecule has 0 spiro atoms. The molecule has 1 aliphatic heterocycles. The van der Waals surface area contributed by atoms with Crippen LogP contribution in [0.25, 0.3) is 28.5 Å². The summed E-state index contributed by atoms with van der Waals surface area (Å²) in [6.07, 6.45) is 8.95. The lowest BCUT2D eigenvalue weighted by Crippen LogP contribution is -2.34. The molecule has 1 amide bonds. The van der Waals surface area contributed by atoms with Crippen LogP contribution in [0.3, 0.4) is 0 Å². The summed E-state index contributed by atoms with van der Waals surface area (Å²) >= 11 is 0. The number of amides is 1. The van der Waals surface area contributed by atoms with Crippen LogP contribution in [0.1, 0.15) is 82.1 Å². The van der Waals surface area contributed by atoms with Crippen molar-refractivity contribution in [3.8, 4) is 11.4 Å². The molecular formula is C34H48N4O. The van der Waals surface area contributed by atoms with Gasteiger partial charge in [0.2, 0.25) is 0 Å². The van der Waals surface area contributed by atoms with E-state index in [9.17, 15) is 4.79 Å². The molecule has 4 rings (SSSR count). The summed E-state index contributed by atoms with van der Waals surface area (Å²) in [6, 6.07) is 14.5. The lowest BCUT2D eigenvalue weighted by molar-refractivity contribution is 0.0741. The fourth-order valence-corrected chi connectivity index (χ4v) is 5.47. The number of benzene rings is 2. The van der Waals surface area contributed by atoms with Crippen LogP contribution in [0.15, 0.2) is 49.0 Å². The maximum Gasteiger partial charge on any atom is 0.253 e. The van der Waals surface area contributed by atoms with Crippen molar-refractivity contribution < 1.29 is 4.79 Å². The molecule has 0 saturated carbocycles. The van der Waals surface area contributed by atoms with Crippen molar-refractivity contribution in [2.45, 2.75) is 72.8 Å². The van der Waals surface area contributed by atoms with Gasteiger partial charge in [0, 0.05) is 30.8 Å². The van der Waals surface area contributed by atoms with Gasteiger partial charge in [-0.1, -0.05) is 65.0 Å². The van der Waals surface area contributed by atoms with Crippen LogP contribution in [0.2, 0.25) is 0 Å². The second-order valence-electron chi connectivity index (χ2n) is 12.0. The molecule has 1 fully saturated rings. The van der Waals surface area contributed by atoms with Gasteiger partial charge in [0.1, 0.15) is 5.82 Å². The second-order valence-corrected chi connectivity index (χ2v) is 12.0.